The average molecular weight is 183 g/mol. The maximum atomic E-state index is 4.50. The highest BCUT2D eigenvalue weighted by Crippen LogP contribution is 2.17. The molecule has 3 heterocycles. The van der Waals surface area contributed by atoms with Crippen molar-refractivity contribution in [2.45, 2.75) is 0 Å². The van der Waals surface area contributed by atoms with Crippen molar-refractivity contribution < 1.29 is 0 Å². The zero-order chi connectivity index (χ0) is 9.38. The van der Waals surface area contributed by atoms with E-state index in [0.29, 0.717) is 0 Å². The molecule has 0 amide bonds. The van der Waals surface area contributed by atoms with Crippen LogP contribution in [0.15, 0.2) is 49.1 Å². The molecule has 0 atom stereocenters. The van der Waals surface area contributed by atoms with Gasteiger partial charge >= 0.3 is 0 Å². The molecule has 0 fully saturated rings. The van der Waals surface area contributed by atoms with Crippen LogP contribution >= 0.6 is 0 Å². The average Bonchev–Trinajstić information content (AvgIpc) is 2.86. The van der Waals surface area contributed by atoms with Crippen molar-refractivity contribution in [3.05, 3.63) is 49.1 Å². The summed E-state index contributed by atoms with van der Waals surface area (Å²) in [5, 5.41) is 0. The minimum atomic E-state index is 0.976. The molecule has 0 aliphatic rings. The molecule has 3 nitrogen and oxygen atoms in total. The van der Waals surface area contributed by atoms with Gasteiger partial charge in [-0.2, -0.15) is 0 Å². The number of rotatable bonds is 1. The fourth-order valence-corrected chi connectivity index (χ4v) is 1.56. The highest BCUT2D eigenvalue weighted by atomic mass is 15.0. The summed E-state index contributed by atoms with van der Waals surface area (Å²) in [6, 6.07) is 8.00. The highest BCUT2D eigenvalue weighted by molar-refractivity contribution is 5.61. The summed E-state index contributed by atoms with van der Waals surface area (Å²) in [5.41, 5.74) is 3.09. The molecule has 68 valence electrons. The lowest BCUT2D eigenvalue weighted by Crippen LogP contribution is -1.77. The van der Waals surface area contributed by atoms with Crippen molar-refractivity contribution in [3.8, 4) is 11.3 Å². The SMILES string of the molecule is c1ccn2cc(-c3cc[nH]c3)nc2c1. The molecular weight excluding hydrogens is 174 g/mol. The molecule has 3 aromatic rings. The first-order valence-corrected chi connectivity index (χ1v) is 4.50. The largest absolute Gasteiger partial charge is 0.367 e. The van der Waals surface area contributed by atoms with Gasteiger partial charge < -0.3 is 9.38 Å². The van der Waals surface area contributed by atoms with Gasteiger partial charge in [-0.3, -0.25) is 0 Å². The first kappa shape index (κ1) is 7.38. The third-order valence-corrected chi connectivity index (χ3v) is 2.26. The van der Waals surface area contributed by atoms with Gasteiger partial charge in [-0.25, -0.2) is 4.98 Å². The lowest BCUT2D eigenvalue weighted by molar-refractivity contribution is 1.19. The third-order valence-electron chi connectivity index (χ3n) is 2.26. The summed E-state index contributed by atoms with van der Waals surface area (Å²) in [4.78, 5) is 7.52. The van der Waals surface area contributed by atoms with Crippen LogP contribution in [0.2, 0.25) is 0 Å². The molecule has 0 aliphatic heterocycles. The van der Waals surface area contributed by atoms with Gasteiger partial charge in [-0.1, -0.05) is 6.07 Å². The van der Waals surface area contributed by atoms with Crippen molar-refractivity contribution in [2.24, 2.45) is 0 Å². The molecule has 3 rings (SSSR count). The quantitative estimate of drug-likeness (QED) is 0.617. The van der Waals surface area contributed by atoms with Gasteiger partial charge in [0.1, 0.15) is 5.65 Å². The van der Waals surface area contributed by atoms with Crippen LogP contribution in [-0.2, 0) is 0 Å². The molecule has 0 radical (unpaired) electrons. The third kappa shape index (κ3) is 1.03. The van der Waals surface area contributed by atoms with Crippen LogP contribution in [0.5, 0.6) is 0 Å². The van der Waals surface area contributed by atoms with Crippen LogP contribution in [0, 0.1) is 0 Å². The van der Waals surface area contributed by atoms with E-state index in [2.05, 4.69) is 9.97 Å². The Morgan fingerprint density at radius 1 is 1.21 bits per heavy atom. The predicted octanol–water partition coefficient (Wildman–Crippen LogP) is 2.33. The predicted molar refractivity (Wildman–Crippen MR) is 55.0 cm³/mol. The molecule has 3 heteroatoms. The maximum absolute atomic E-state index is 4.50. The van der Waals surface area contributed by atoms with Crippen LogP contribution in [-0.4, -0.2) is 14.4 Å². The van der Waals surface area contributed by atoms with E-state index in [0.717, 1.165) is 16.9 Å². The molecule has 0 bridgehead atoms. The first-order valence-electron chi connectivity index (χ1n) is 4.50. The fourth-order valence-electron chi connectivity index (χ4n) is 1.56. The lowest BCUT2D eigenvalue weighted by atomic mass is 10.3. The second-order valence-electron chi connectivity index (χ2n) is 3.19. The normalized spacial score (nSPS) is 10.9. The molecule has 0 spiro atoms. The Morgan fingerprint density at radius 3 is 3.00 bits per heavy atom. The van der Waals surface area contributed by atoms with Gasteiger partial charge in [0.15, 0.2) is 0 Å². The smallest absolute Gasteiger partial charge is 0.137 e. The van der Waals surface area contributed by atoms with Gasteiger partial charge in [0, 0.05) is 30.4 Å². The van der Waals surface area contributed by atoms with Gasteiger partial charge in [-0.15, -0.1) is 0 Å². The van der Waals surface area contributed by atoms with Crippen LogP contribution in [0.1, 0.15) is 0 Å². The van der Waals surface area contributed by atoms with Crippen LogP contribution in [0.25, 0.3) is 16.9 Å². The summed E-state index contributed by atoms with van der Waals surface area (Å²) in [5.74, 6) is 0. The first-order chi connectivity index (χ1) is 6.93. The Morgan fingerprint density at radius 2 is 2.21 bits per heavy atom. The molecule has 0 unspecified atom stereocenters. The van der Waals surface area contributed by atoms with E-state index < -0.39 is 0 Å². The summed E-state index contributed by atoms with van der Waals surface area (Å²) in [6.07, 6.45) is 7.87. The minimum Gasteiger partial charge on any atom is -0.367 e. The minimum absolute atomic E-state index is 0.976. The topological polar surface area (TPSA) is 33.1 Å². The standard InChI is InChI=1S/C11H9N3/c1-2-6-14-8-10(13-11(14)3-1)9-4-5-12-7-9/h1-8,12H. The number of aromatic nitrogens is 3. The second kappa shape index (κ2) is 2.73. The molecule has 3 aromatic heterocycles. The molecular formula is C11H9N3. The summed E-state index contributed by atoms with van der Waals surface area (Å²) in [6.45, 7) is 0. The number of H-pyrrole nitrogens is 1. The Bertz CT molecular complexity index is 516. The van der Waals surface area contributed by atoms with Crippen molar-refractivity contribution in [1.82, 2.24) is 14.4 Å². The summed E-state index contributed by atoms with van der Waals surface area (Å²) >= 11 is 0. The van der Waals surface area contributed by atoms with Gasteiger partial charge in [0.2, 0.25) is 0 Å². The van der Waals surface area contributed by atoms with Crippen molar-refractivity contribution in [3.63, 3.8) is 0 Å². The van der Waals surface area contributed by atoms with Gasteiger partial charge in [0.25, 0.3) is 0 Å². The molecule has 0 saturated heterocycles. The Labute approximate surface area is 81.0 Å². The number of pyridine rings is 1. The van der Waals surface area contributed by atoms with E-state index in [9.17, 15) is 0 Å². The zero-order valence-electron chi connectivity index (χ0n) is 7.51. The highest BCUT2D eigenvalue weighted by Gasteiger charge is 2.02. The van der Waals surface area contributed by atoms with Crippen molar-refractivity contribution >= 4 is 5.65 Å². The molecule has 14 heavy (non-hydrogen) atoms. The van der Waals surface area contributed by atoms with Crippen molar-refractivity contribution in [1.29, 1.82) is 0 Å². The summed E-state index contributed by atoms with van der Waals surface area (Å²) < 4.78 is 2.02. The lowest BCUT2D eigenvalue weighted by Gasteiger charge is -1.86. The van der Waals surface area contributed by atoms with E-state index >= 15 is 0 Å². The van der Waals surface area contributed by atoms with E-state index in [1.165, 1.54) is 0 Å². The summed E-state index contributed by atoms with van der Waals surface area (Å²) in [7, 11) is 0. The van der Waals surface area contributed by atoms with E-state index in [4.69, 9.17) is 0 Å². The Balaban J connectivity index is 2.24. The maximum Gasteiger partial charge on any atom is 0.137 e. The molecule has 0 aromatic carbocycles. The van der Waals surface area contributed by atoms with Gasteiger partial charge in [-0.05, 0) is 18.2 Å². The second-order valence-corrected chi connectivity index (χ2v) is 3.19. The monoisotopic (exact) mass is 183 g/mol. The number of aromatic amines is 1. The number of imidazole rings is 1. The Hall–Kier alpha value is -2.03. The van der Waals surface area contributed by atoms with E-state index in [-0.39, 0.29) is 0 Å². The van der Waals surface area contributed by atoms with E-state index in [1.54, 1.807) is 0 Å². The van der Waals surface area contributed by atoms with Crippen LogP contribution in [0.4, 0.5) is 0 Å². The molecule has 0 saturated carbocycles. The van der Waals surface area contributed by atoms with Crippen molar-refractivity contribution in [2.75, 3.05) is 0 Å². The van der Waals surface area contributed by atoms with Crippen LogP contribution < -0.4 is 0 Å². The molecule has 1 N–H and O–H groups in total. The number of fused-ring (bicyclic) bond motifs is 1. The number of nitrogens with one attached hydrogen (secondary N) is 1. The van der Waals surface area contributed by atoms with E-state index in [1.807, 2.05) is 53.5 Å². The Kier molecular flexibility index (Phi) is 1.44. The number of hydrogen-bond donors (Lipinski definition) is 1. The fraction of sp³-hybridized carbons (Fsp3) is 0. The zero-order valence-corrected chi connectivity index (χ0v) is 7.51. The number of hydrogen-bond acceptors (Lipinski definition) is 1. The molecule has 0 aliphatic carbocycles. The van der Waals surface area contributed by atoms with Gasteiger partial charge in [0.05, 0.1) is 5.69 Å². The number of nitrogens with zero attached hydrogens (tertiary/aromatic N) is 2. The van der Waals surface area contributed by atoms with Crippen LogP contribution in [0.3, 0.4) is 0 Å².